The molecule has 0 saturated carbocycles. The minimum atomic E-state index is -0.902. The van der Waals surface area contributed by atoms with Crippen LogP contribution in [0.3, 0.4) is 0 Å². The molecule has 1 saturated heterocycles. The van der Waals surface area contributed by atoms with Gasteiger partial charge in [-0.1, -0.05) is 59.6 Å². The summed E-state index contributed by atoms with van der Waals surface area (Å²) in [6, 6.07) is 17.4. The van der Waals surface area contributed by atoms with E-state index < -0.39 is 24.1 Å². The van der Waals surface area contributed by atoms with Gasteiger partial charge in [0, 0.05) is 22.2 Å². The first kappa shape index (κ1) is 25.5. The number of halogens is 2. The predicted molar refractivity (Wildman–Crippen MR) is 140 cm³/mol. The van der Waals surface area contributed by atoms with Crippen LogP contribution in [0.4, 0.5) is 0 Å². The highest BCUT2D eigenvalue weighted by molar-refractivity contribution is 6.35. The maximum atomic E-state index is 13.9. The number of aliphatic hydroxyl groups excluding tert-OH is 1. The molecule has 2 heterocycles. The van der Waals surface area contributed by atoms with Crippen molar-refractivity contribution in [1.29, 1.82) is 0 Å². The van der Waals surface area contributed by atoms with Crippen LogP contribution in [0, 0.1) is 0 Å². The lowest BCUT2D eigenvalue weighted by atomic mass is 9.78. The fourth-order valence-corrected chi connectivity index (χ4v) is 5.69. The summed E-state index contributed by atoms with van der Waals surface area (Å²) in [5, 5.41) is 24.0. The fourth-order valence-electron chi connectivity index (χ4n) is 5.17. The lowest BCUT2D eigenvalue weighted by Gasteiger charge is -2.45. The molecule has 3 aromatic rings. The van der Waals surface area contributed by atoms with Crippen LogP contribution >= 0.6 is 23.2 Å². The number of nitrogens with one attached hydrogen (secondary N) is 1. The van der Waals surface area contributed by atoms with Gasteiger partial charge in [0.05, 0.1) is 37.3 Å². The topological polar surface area (TPSA) is 99.1 Å². The molecule has 7 nitrogen and oxygen atoms in total. The fraction of sp³-hybridized carbons (Fsp3) is 0.286. The van der Waals surface area contributed by atoms with Crippen LogP contribution in [-0.2, 0) is 16.0 Å². The first-order valence-corrected chi connectivity index (χ1v) is 12.8. The first-order valence-electron chi connectivity index (χ1n) is 12.0. The van der Waals surface area contributed by atoms with Crippen molar-refractivity contribution < 1.29 is 24.5 Å². The summed E-state index contributed by atoms with van der Waals surface area (Å²) in [6.45, 7) is 0.596. The van der Waals surface area contributed by atoms with E-state index in [1.54, 1.807) is 71.6 Å². The monoisotopic (exact) mass is 540 g/mol. The molecule has 2 aliphatic heterocycles. The van der Waals surface area contributed by atoms with Gasteiger partial charge >= 0.3 is 0 Å². The Morgan fingerprint density at radius 2 is 1.78 bits per heavy atom. The number of amides is 2. The number of aromatic hydroxyl groups is 1. The van der Waals surface area contributed by atoms with Crippen LogP contribution in [0.1, 0.15) is 39.0 Å². The van der Waals surface area contributed by atoms with Crippen molar-refractivity contribution in [3.8, 4) is 5.75 Å². The molecule has 5 rings (SSSR count). The number of aliphatic hydroxyl groups is 1. The quantitative estimate of drug-likeness (QED) is 0.437. The highest BCUT2D eigenvalue weighted by Gasteiger charge is 2.49. The Balaban J connectivity index is 1.55. The average Bonchev–Trinajstić information content (AvgIpc) is 3.30. The average molecular weight is 541 g/mol. The predicted octanol–water partition coefficient (Wildman–Crippen LogP) is 4.10. The lowest BCUT2D eigenvalue weighted by molar-refractivity contribution is -0.124. The van der Waals surface area contributed by atoms with Crippen molar-refractivity contribution in [2.75, 3.05) is 19.8 Å². The minimum absolute atomic E-state index is 0.0979. The summed E-state index contributed by atoms with van der Waals surface area (Å²) in [6.07, 6.45) is -0.342. The molecule has 9 heteroatoms. The molecular weight excluding hydrogens is 515 g/mol. The van der Waals surface area contributed by atoms with E-state index in [1.807, 2.05) is 0 Å². The molecule has 37 heavy (non-hydrogen) atoms. The number of benzene rings is 3. The van der Waals surface area contributed by atoms with Gasteiger partial charge in [0.25, 0.3) is 5.91 Å². The smallest absolute Gasteiger partial charge is 0.255 e. The van der Waals surface area contributed by atoms with Gasteiger partial charge in [0.1, 0.15) is 5.75 Å². The van der Waals surface area contributed by atoms with Gasteiger partial charge in [0.15, 0.2) is 0 Å². The second-order valence-electron chi connectivity index (χ2n) is 9.27. The van der Waals surface area contributed by atoms with Crippen LogP contribution < -0.4 is 5.32 Å². The van der Waals surface area contributed by atoms with Gasteiger partial charge in [-0.15, -0.1) is 0 Å². The highest BCUT2D eigenvalue weighted by atomic mass is 35.5. The molecule has 192 valence electrons. The van der Waals surface area contributed by atoms with E-state index in [-0.39, 0.29) is 30.8 Å². The first-order chi connectivity index (χ1) is 17.8. The Labute approximate surface area is 224 Å². The molecule has 0 aromatic heterocycles. The Kier molecular flexibility index (Phi) is 7.40. The van der Waals surface area contributed by atoms with Crippen molar-refractivity contribution in [3.63, 3.8) is 0 Å². The van der Waals surface area contributed by atoms with E-state index in [4.69, 9.17) is 27.9 Å². The Hall–Kier alpha value is -3.10. The number of ether oxygens (including phenoxy) is 1. The third-order valence-electron chi connectivity index (χ3n) is 6.97. The molecule has 2 aliphatic rings. The van der Waals surface area contributed by atoms with E-state index in [0.29, 0.717) is 39.7 Å². The third-order valence-corrected chi connectivity index (χ3v) is 7.53. The molecular formula is C28H26Cl2N2O5. The summed E-state index contributed by atoms with van der Waals surface area (Å²) in [4.78, 5) is 29.3. The molecule has 2 amide bonds. The molecule has 3 N–H and O–H groups in total. The van der Waals surface area contributed by atoms with E-state index in [0.717, 1.165) is 5.56 Å². The number of rotatable bonds is 6. The lowest BCUT2D eigenvalue weighted by Crippen LogP contribution is -2.54. The number of hydrogen-bond donors (Lipinski definition) is 3. The van der Waals surface area contributed by atoms with Gasteiger partial charge in [-0.2, -0.15) is 0 Å². The maximum absolute atomic E-state index is 13.9. The molecule has 1 fully saturated rings. The minimum Gasteiger partial charge on any atom is -0.508 e. The van der Waals surface area contributed by atoms with Crippen LogP contribution in [0.25, 0.3) is 0 Å². The van der Waals surface area contributed by atoms with E-state index in [1.165, 1.54) is 0 Å². The zero-order valence-electron chi connectivity index (χ0n) is 19.8. The maximum Gasteiger partial charge on any atom is 0.255 e. The van der Waals surface area contributed by atoms with Crippen LogP contribution in [0.15, 0.2) is 66.7 Å². The summed E-state index contributed by atoms with van der Waals surface area (Å²) in [5.41, 5.74) is 2.52. The van der Waals surface area contributed by atoms with Crippen molar-refractivity contribution in [1.82, 2.24) is 10.2 Å². The normalized spacial score (nSPS) is 23.1. The number of phenols is 1. The van der Waals surface area contributed by atoms with Gasteiger partial charge in [0.2, 0.25) is 5.91 Å². The van der Waals surface area contributed by atoms with Crippen molar-refractivity contribution in [2.45, 2.75) is 30.5 Å². The number of fused-ring (bicyclic) bond motifs is 1. The molecule has 0 radical (unpaired) electrons. The van der Waals surface area contributed by atoms with Gasteiger partial charge < -0.3 is 25.2 Å². The summed E-state index contributed by atoms with van der Waals surface area (Å²) in [7, 11) is 0. The van der Waals surface area contributed by atoms with Crippen molar-refractivity contribution in [3.05, 3.63) is 99.0 Å². The Morgan fingerprint density at radius 3 is 2.49 bits per heavy atom. The van der Waals surface area contributed by atoms with Gasteiger partial charge in [-0.25, -0.2) is 0 Å². The number of carbonyl (C=O) groups excluding carboxylic acids is 2. The van der Waals surface area contributed by atoms with Gasteiger partial charge in [-0.3, -0.25) is 9.59 Å². The van der Waals surface area contributed by atoms with E-state index in [9.17, 15) is 19.8 Å². The summed E-state index contributed by atoms with van der Waals surface area (Å²) >= 11 is 12.8. The molecule has 0 aliphatic carbocycles. The molecule has 0 spiro atoms. The largest absolute Gasteiger partial charge is 0.508 e. The second kappa shape index (κ2) is 10.7. The van der Waals surface area contributed by atoms with Gasteiger partial charge in [-0.05, 0) is 53.4 Å². The summed E-state index contributed by atoms with van der Waals surface area (Å²) in [5.74, 6) is -1.18. The highest BCUT2D eigenvalue weighted by Crippen LogP contribution is 2.47. The Morgan fingerprint density at radius 1 is 1.03 bits per heavy atom. The zero-order chi connectivity index (χ0) is 26.1. The van der Waals surface area contributed by atoms with Crippen LogP contribution in [-0.4, -0.2) is 58.8 Å². The Bertz CT molecular complexity index is 1320. The van der Waals surface area contributed by atoms with Crippen molar-refractivity contribution >= 4 is 35.0 Å². The second-order valence-corrected chi connectivity index (χ2v) is 10.1. The molecule has 3 aromatic carbocycles. The summed E-state index contributed by atoms with van der Waals surface area (Å²) < 4.78 is 5.49. The molecule has 0 bridgehead atoms. The van der Waals surface area contributed by atoms with E-state index in [2.05, 4.69) is 5.32 Å². The SMILES string of the molecule is O=C(NCCc1ccc(O)cc1)C1c2ccccc2C(=O)N(C2COCC2O)C1c1ccc(Cl)cc1Cl. The molecule has 4 unspecified atom stereocenters. The van der Waals surface area contributed by atoms with Crippen LogP contribution in [0.5, 0.6) is 5.75 Å². The molecule has 4 atom stereocenters. The standard InChI is InChI=1S/C28H26Cl2N2O5/c29-17-7-10-21(22(30)13-17)26-25(27(35)31-12-11-16-5-8-18(33)9-6-16)19-3-1-2-4-20(19)28(36)32(26)23-14-37-15-24(23)34/h1-10,13,23-26,33-34H,11-12,14-15H2,(H,31,35). The number of phenolic OH excluding ortho intramolecular Hbond substituents is 1. The zero-order valence-corrected chi connectivity index (χ0v) is 21.3. The number of hydrogen-bond acceptors (Lipinski definition) is 5. The van der Waals surface area contributed by atoms with E-state index >= 15 is 0 Å². The number of nitrogens with zero attached hydrogens (tertiary/aromatic N) is 1. The third kappa shape index (κ3) is 5.05. The number of carbonyl (C=O) groups is 2. The van der Waals surface area contributed by atoms with Crippen molar-refractivity contribution in [2.24, 2.45) is 0 Å². The van der Waals surface area contributed by atoms with Crippen LogP contribution in [0.2, 0.25) is 10.0 Å².